The second-order valence-electron chi connectivity index (χ2n) is 4.42. The summed E-state index contributed by atoms with van der Waals surface area (Å²) in [5, 5.41) is 9.93. The summed E-state index contributed by atoms with van der Waals surface area (Å²) in [6.45, 7) is 4.65. The summed E-state index contributed by atoms with van der Waals surface area (Å²) in [6.07, 6.45) is 0. The van der Waals surface area contributed by atoms with Crippen LogP contribution in [0.3, 0.4) is 0 Å². The summed E-state index contributed by atoms with van der Waals surface area (Å²) in [5.74, 6) is 0.0536. The highest BCUT2D eigenvalue weighted by Gasteiger charge is 2.48. The fraction of sp³-hybridized carbons (Fsp3) is 1.00. The van der Waals surface area contributed by atoms with Gasteiger partial charge in [-0.05, 0) is 5.92 Å². The quantitative estimate of drug-likeness (QED) is 0.605. The minimum atomic E-state index is -3.46. The molecule has 16 heavy (non-hydrogen) atoms. The highest BCUT2D eigenvalue weighted by molar-refractivity contribution is 7.87. The molecule has 0 aromatic heterocycles. The Bertz CT molecular complexity index is 322. The third kappa shape index (κ3) is 2.92. The predicted molar refractivity (Wildman–Crippen MR) is 60.2 cm³/mol. The third-order valence-electron chi connectivity index (χ3n) is 2.91. The Morgan fingerprint density at radius 1 is 1.50 bits per heavy atom. The van der Waals surface area contributed by atoms with Gasteiger partial charge in [0, 0.05) is 26.7 Å². The van der Waals surface area contributed by atoms with Crippen LogP contribution in [0.1, 0.15) is 13.8 Å². The second-order valence-corrected chi connectivity index (χ2v) is 6.17. The number of hydrogen-bond acceptors (Lipinski definition) is 4. The lowest BCUT2D eigenvalue weighted by Crippen LogP contribution is -2.67. The number of nitrogens with zero attached hydrogens (tertiary/aromatic N) is 1. The number of ether oxygens (including phenoxy) is 1. The molecule has 1 rings (SSSR count). The van der Waals surface area contributed by atoms with Gasteiger partial charge >= 0.3 is 0 Å². The van der Waals surface area contributed by atoms with Crippen LogP contribution in [-0.4, -0.2) is 56.8 Å². The topological polar surface area (TPSA) is 78.9 Å². The summed E-state index contributed by atoms with van der Waals surface area (Å²) in [5.41, 5.74) is -0.879. The van der Waals surface area contributed by atoms with Gasteiger partial charge in [-0.2, -0.15) is 17.4 Å². The zero-order chi connectivity index (χ0) is 12.4. The van der Waals surface area contributed by atoms with E-state index in [1.807, 2.05) is 13.8 Å². The Labute approximate surface area is 96.8 Å². The maximum Gasteiger partial charge on any atom is 0.279 e. The molecule has 0 amide bonds. The molecule has 0 aromatic rings. The van der Waals surface area contributed by atoms with Gasteiger partial charge < -0.3 is 9.84 Å². The van der Waals surface area contributed by atoms with Gasteiger partial charge in [0.15, 0.2) is 0 Å². The van der Waals surface area contributed by atoms with Crippen LogP contribution < -0.4 is 4.72 Å². The molecule has 0 unspecified atom stereocenters. The summed E-state index contributed by atoms with van der Waals surface area (Å²) in [7, 11) is -1.95. The van der Waals surface area contributed by atoms with Gasteiger partial charge in [0.25, 0.3) is 10.2 Å². The Morgan fingerprint density at radius 3 is 2.50 bits per heavy atom. The smallest absolute Gasteiger partial charge is 0.279 e. The summed E-state index contributed by atoms with van der Waals surface area (Å²) in [6, 6.07) is 0. The van der Waals surface area contributed by atoms with Gasteiger partial charge in [-0.15, -0.1) is 0 Å². The van der Waals surface area contributed by atoms with Crippen LogP contribution in [0.15, 0.2) is 0 Å². The average Bonchev–Trinajstić information content (AvgIpc) is 2.12. The highest BCUT2D eigenvalue weighted by atomic mass is 32.2. The Hall–Kier alpha value is -0.210. The lowest BCUT2D eigenvalue weighted by atomic mass is 9.85. The monoisotopic (exact) mass is 252 g/mol. The van der Waals surface area contributed by atoms with Crippen LogP contribution in [0.4, 0.5) is 0 Å². The normalized spacial score (nSPS) is 21.1. The van der Waals surface area contributed by atoms with E-state index >= 15 is 0 Å². The average molecular weight is 252 g/mol. The first-order valence-corrected chi connectivity index (χ1v) is 6.72. The summed E-state index contributed by atoms with van der Waals surface area (Å²) < 4.78 is 31.7. The zero-order valence-electron chi connectivity index (χ0n) is 9.93. The SMILES string of the molecule is COCCNS(=O)(=O)N1CC(O)(C(C)C)C1. The lowest BCUT2D eigenvalue weighted by Gasteiger charge is -2.47. The maximum absolute atomic E-state index is 11.6. The molecule has 1 saturated heterocycles. The van der Waals surface area contributed by atoms with Crippen LogP contribution in [0.25, 0.3) is 0 Å². The maximum atomic E-state index is 11.6. The molecule has 96 valence electrons. The van der Waals surface area contributed by atoms with E-state index in [2.05, 4.69) is 4.72 Å². The number of methoxy groups -OCH3 is 1. The standard InChI is InChI=1S/C9H20N2O4S/c1-8(2)9(12)6-11(7-9)16(13,14)10-4-5-15-3/h8,10,12H,4-7H2,1-3H3. The third-order valence-corrected chi connectivity index (χ3v) is 4.41. The fourth-order valence-electron chi connectivity index (χ4n) is 1.46. The molecular formula is C9H20N2O4S. The van der Waals surface area contributed by atoms with E-state index in [0.717, 1.165) is 0 Å². The lowest BCUT2D eigenvalue weighted by molar-refractivity contribution is -0.0936. The van der Waals surface area contributed by atoms with E-state index < -0.39 is 15.8 Å². The molecule has 0 atom stereocenters. The minimum Gasteiger partial charge on any atom is -0.387 e. The summed E-state index contributed by atoms with van der Waals surface area (Å²) in [4.78, 5) is 0. The van der Waals surface area contributed by atoms with Crippen LogP contribution in [0, 0.1) is 5.92 Å². The molecule has 0 saturated carbocycles. The first-order chi connectivity index (χ1) is 7.32. The van der Waals surface area contributed by atoms with Crippen molar-refractivity contribution in [3.8, 4) is 0 Å². The van der Waals surface area contributed by atoms with Crippen molar-refractivity contribution in [3.05, 3.63) is 0 Å². The molecule has 0 radical (unpaired) electrons. The number of hydrogen-bond donors (Lipinski definition) is 2. The fourth-order valence-corrected chi connectivity index (χ4v) is 2.77. The Morgan fingerprint density at radius 2 is 2.06 bits per heavy atom. The molecule has 0 spiro atoms. The van der Waals surface area contributed by atoms with Crippen molar-refractivity contribution >= 4 is 10.2 Å². The van der Waals surface area contributed by atoms with Crippen molar-refractivity contribution in [2.45, 2.75) is 19.4 Å². The van der Waals surface area contributed by atoms with Gasteiger partial charge in [0.1, 0.15) is 0 Å². The number of β-amino-alcohol motifs (C(OH)–C–C–N with tert-alkyl or cyclic N) is 1. The molecule has 1 fully saturated rings. The van der Waals surface area contributed by atoms with Crippen molar-refractivity contribution in [3.63, 3.8) is 0 Å². The number of nitrogens with one attached hydrogen (secondary N) is 1. The zero-order valence-corrected chi connectivity index (χ0v) is 10.7. The van der Waals surface area contributed by atoms with E-state index in [1.165, 1.54) is 11.4 Å². The molecule has 0 aliphatic carbocycles. The van der Waals surface area contributed by atoms with Gasteiger partial charge in [-0.3, -0.25) is 0 Å². The first-order valence-electron chi connectivity index (χ1n) is 5.28. The molecule has 2 N–H and O–H groups in total. The van der Waals surface area contributed by atoms with Gasteiger partial charge in [0.2, 0.25) is 0 Å². The Balaban J connectivity index is 2.44. The van der Waals surface area contributed by atoms with Crippen molar-refractivity contribution < 1.29 is 18.3 Å². The molecule has 7 heteroatoms. The number of aliphatic hydroxyl groups is 1. The van der Waals surface area contributed by atoms with E-state index in [-0.39, 0.29) is 25.6 Å². The molecule has 1 aliphatic rings. The van der Waals surface area contributed by atoms with Crippen LogP contribution in [0.2, 0.25) is 0 Å². The van der Waals surface area contributed by atoms with E-state index in [4.69, 9.17) is 4.74 Å². The van der Waals surface area contributed by atoms with Crippen LogP contribution in [-0.2, 0) is 14.9 Å². The van der Waals surface area contributed by atoms with Crippen molar-refractivity contribution in [2.75, 3.05) is 33.4 Å². The van der Waals surface area contributed by atoms with E-state index in [9.17, 15) is 13.5 Å². The van der Waals surface area contributed by atoms with Gasteiger partial charge in [-0.1, -0.05) is 13.8 Å². The minimum absolute atomic E-state index is 0.0536. The molecule has 1 aliphatic heterocycles. The first kappa shape index (κ1) is 13.9. The van der Waals surface area contributed by atoms with E-state index in [0.29, 0.717) is 6.61 Å². The van der Waals surface area contributed by atoms with Crippen LogP contribution in [0.5, 0.6) is 0 Å². The predicted octanol–water partition coefficient (Wildman–Crippen LogP) is -0.830. The highest BCUT2D eigenvalue weighted by Crippen LogP contribution is 2.29. The number of rotatable bonds is 6. The van der Waals surface area contributed by atoms with Crippen molar-refractivity contribution in [1.29, 1.82) is 0 Å². The Kier molecular flexibility index (Phi) is 4.30. The molecule has 0 bridgehead atoms. The van der Waals surface area contributed by atoms with E-state index in [1.54, 1.807) is 0 Å². The molecular weight excluding hydrogens is 232 g/mol. The van der Waals surface area contributed by atoms with Gasteiger partial charge in [0.05, 0.1) is 12.2 Å². The molecule has 6 nitrogen and oxygen atoms in total. The summed E-state index contributed by atoms with van der Waals surface area (Å²) >= 11 is 0. The van der Waals surface area contributed by atoms with Crippen molar-refractivity contribution in [2.24, 2.45) is 5.92 Å². The largest absolute Gasteiger partial charge is 0.387 e. The second kappa shape index (κ2) is 4.97. The molecule has 0 aromatic carbocycles. The molecule has 1 heterocycles. The van der Waals surface area contributed by atoms with Crippen LogP contribution >= 0.6 is 0 Å². The van der Waals surface area contributed by atoms with Gasteiger partial charge in [-0.25, -0.2) is 0 Å². The van der Waals surface area contributed by atoms with Crippen molar-refractivity contribution in [1.82, 2.24) is 9.03 Å².